The molecule has 0 unspecified atom stereocenters. The van der Waals surface area contributed by atoms with E-state index in [1.165, 1.54) is 7.11 Å². The molecule has 0 fully saturated rings. The number of nitrogens with zero attached hydrogens (tertiary/aromatic N) is 2. The predicted octanol–water partition coefficient (Wildman–Crippen LogP) is 1.74. The maximum absolute atomic E-state index is 12.1. The third-order valence-corrected chi connectivity index (χ3v) is 3.65. The molecule has 20 heavy (non-hydrogen) atoms. The van der Waals surface area contributed by atoms with E-state index in [2.05, 4.69) is 14.9 Å². The summed E-state index contributed by atoms with van der Waals surface area (Å²) in [6.45, 7) is 1.73. The first-order valence-corrected chi connectivity index (χ1v) is 6.79. The van der Waals surface area contributed by atoms with Gasteiger partial charge in [0.15, 0.2) is 0 Å². The molecule has 1 heterocycles. The molecule has 0 aliphatic heterocycles. The largest absolute Gasteiger partial charge is 0.495 e. The Hall–Kier alpha value is -2.06. The molecule has 0 saturated carbocycles. The van der Waals surface area contributed by atoms with E-state index in [9.17, 15) is 4.79 Å². The average molecular weight is 308 g/mol. The van der Waals surface area contributed by atoms with Gasteiger partial charge >= 0.3 is 0 Å². The van der Waals surface area contributed by atoms with Gasteiger partial charge in [0.05, 0.1) is 18.5 Å². The highest BCUT2D eigenvalue weighted by Crippen LogP contribution is 2.26. The number of nitrogens with two attached hydrogens (primary N) is 1. The van der Waals surface area contributed by atoms with Crippen LogP contribution in [0.4, 0.5) is 5.69 Å². The summed E-state index contributed by atoms with van der Waals surface area (Å²) in [5.41, 5.74) is 7.35. The first-order chi connectivity index (χ1) is 9.52. The van der Waals surface area contributed by atoms with Gasteiger partial charge in [-0.05, 0) is 36.7 Å². The van der Waals surface area contributed by atoms with E-state index in [1.54, 1.807) is 25.1 Å². The van der Waals surface area contributed by atoms with Gasteiger partial charge in [0.2, 0.25) is 0 Å². The number of rotatable bonds is 4. The summed E-state index contributed by atoms with van der Waals surface area (Å²) >= 11 is 5.95. The molecule has 0 spiro atoms. The van der Waals surface area contributed by atoms with Crippen LogP contribution in [0.5, 0.6) is 5.75 Å². The Kier molecular flexibility index (Phi) is 4.26. The molecule has 0 atom stereocenters. The number of anilines is 1. The molecule has 1 aromatic heterocycles. The summed E-state index contributed by atoms with van der Waals surface area (Å²) in [5, 5.41) is 6.56. The minimum atomic E-state index is -0.279. The lowest BCUT2D eigenvalue weighted by Crippen LogP contribution is -2.14. The molecule has 1 aromatic carbocycles. The molecule has 3 N–H and O–H groups in total. The Balaban J connectivity index is 2.27. The van der Waals surface area contributed by atoms with Crippen LogP contribution in [0.15, 0.2) is 18.2 Å². The van der Waals surface area contributed by atoms with Gasteiger partial charge in [-0.15, -0.1) is 5.10 Å². The van der Waals surface area contributed by atoms with Crippen molar-refractivity contribution in [2.75, 3.05) is 12.4 Å². The van der Waals surface area contributed by atoms with Crippen molar-refractivity contribution < 1.29 is 9.53 Å². The number of aryl methyl sites for hydroxylation is 1. The summed E-state index contributed by atoms with van der Waals surface area (Å²) in [4.78, 5) is 12.8. The van der Waals surface area contributed by atoms with Crippen LogP contribution in [-0.4, -0.2) is 27.6 Å². The zero-order valence-electron chi connectivity index (χ0n) is 10.8. The maximum atomic E-state index is 12.1. The van der Waals surface area contributed by atoms with Gasteiger partial charge in [-0.2, -0.15) is 0 Å². The Morgan fingerprint density at radius 2 is 2.25 bits per heavy atom. The normalized spacial score (nSPS) is 10.1. The number of benzene rings is 1. The van der Waals surface area contributed by atoms with Crippen molar-refractivity contribution in [3.63, 3.8) is 0 Å². The monoisotopic (exact) mass is 308 g/mol. The van der Waals surface area contributed by atoms with Crippen LogP contribution >= 0.6 is 23.8 Å². The Morgan fingerprint density at radius 1 is 1.50 bits per heavy atom. The van der Waals surface area contributed by atoms with Crippen LogP contribution in [0.3, 0.4) is 0 Å². The summed E-state index contributed by atoms with van der Waals surface area (Å²) in [6, 6.07) is 5.09. The number of hydrogen-bond acceptors (Lipinski definition) is 6. The summed E-state index contributed by atoms with van der Waals surface area (Å²) < 4.78 is 8.96. The molecule has 0 aliphatic rings. The zero-order chi connectivity index (χ0) is 14.7. The third-order valence-electron chi connectivity index (χ3n) is 2.59. The fourth-order valence-corrected chi connectivity index (χ4v) is 2.25. The maximum Gasteiger partial charge on any atom is 0.269 e. The third kappa shape index (κ3) is 2.91. The first kappa shape index (κ1) is 14.4. The molecule has 8 heteroatoms. The van der Waals surface area contributed by atoms with Crippen LogP contribution in [0.25, 0.3) is 0 Å². The second-order valence-electron chi connectivity index (χ2n) is 3.92. The molecular weight excluding hydrogens is 296 g/mol. The van der Waals surface area contributed by atoms with Crippen molar-refractivity contribution in [1.82, 2.24) is 9.59 Å². The number of methoxy groups -OCH3 is 1. The van der Waals surface area contributed by atoms with Crippen LogP contribution in [0.2, 0.25) is 0 Å². The summed E-state index contributed by atoms with van der Waals surface area (Å²) in [5.74, 6) is 0.206. The van der Waals surface area contributed by atoms with Gasteiger partial charge in [0.25, 0.3) is 5.91 Å². The van der Waals surface area contributed by atoms with E-state index in [1.807, 2.05) is 0 Å². The minimum Gasteiger partial charge on any atom is -0.495 e. The van der Waals surface area contributed by atoms with Crippen molar-refractivity contribution in [1.29, 1.82) is 0 Å². The van der Waals surface area contributed by atoms with E-state index >= 15 is 0 Å². The summed E-state index contributed by atoms with van der Waals surface area (Å²) in [6.07, 6.45) is 0. The number of thiocarbonyl (C=S) groups is 1. The molecule has 0 saturated heterocycles. The van der Waals surface area contributed by atoms with Crippen LogP contribution in [-0.2, 0) is 0 Å². The molecule has 2 aromatic rings. The fraction of sp³-hybridized carbons (Fsp3) is 0.167. The van der Waals surface area contributed by atoms with Gasteiger partial charge in [0.1, 0.15) is 15.6 Å². The minimum absolute atomic E-state index is 0.267. The van der Waals surface area contributed by atoms with E-state index in [0.29, 0.717) is 27.6 Å². The Bertz CT molecular complexity index is 669. The van der Waals surface area contributed by atoms with E-state index < -0.39 is 0 Å². The molecule has 0 bridgehead atoms. The van der Waals surface area contributed by atoms with Crippen LogP contribution < -0.4 is 15.8 Å². The molecular formula is C12H12N4O2S2. The lowest BCUT2D eigenvalue weighted by atomic mass is 10.2. The van der Waals surface area contributed by atoms with Crippen LogP contribution in [0.1, 0.15) is 20.9 Å². The Labute approximate surface area is 125 Å². The second kappa shape index (κ2) is 5.93. The van der Waals surface area contributed by atoms with Crippen molar-refractivity contribution in [3.8, 4) is 5.75 Å². The van der Waals surface area contributed by atoms with Crippen molar-refractivity contribution >= 4 is 40.3 Å². The number of amides is 1. The highest BCUT2D eigenvalue weighted by Gasteiger charge is 2.15. The van der Waals surface area contributed by atoms with Crippen molar-refractivity contribution in [2.24, 2.45) is 5.73 Å². The number of hydrogen-bond donors (Lipinski definition) is 2. The SMILES string of the molecule is COc1cc(C(N)=S)ccc1NC(=O)c1snnc1C. The van der Waals surface area contributed by atoms with Gasteiger partial charge in [-0.25, -0.2) is 0 Å². The molecule has 1 amide bonds. The predicted molar refractivity (Wildman–Crippen MR) is 81.5 cm³/mol. The first-order valence-electron chi connectivity index (χ1n) is 5.61. The number of carbonyl (C=O) groups is 1. The van der Waals surface area contributed by atoms with Crippen LogP contribution in [0, 0.1) is 6.92 Å². The van der Waals surface area contributed by atoms with Gasteiger partial charge < -0.3 is 15.8 Å². The van der Waals surface area contributed by atoms with E-state index in [4.69, 9.17) is 22.7 Å². The van der Waals surface area contributed by atoms with Gasteiger partial charge in [-0.1, -0.05) is 16.7 Å². The quantitative estimate of drug-likeness (QED) is 0.836. The molecule has 0 radical (unpaired) electrons. The smallest absolute Gasteiger partial charge is 0.269 e. The highest BCUT2D eigenvalue weighted by atomic mass is 32.1. The lowest BCUT2D eigenvalue weighted by molar-refractivity contribution is 0.102. The molecule has 6 nitrogen and oxygen atoms in total. The second-order valence-corrected chi connectivity index (χ2v) is 5.11. The average Bonchev–Trinajstić information content (AvgIpc) is 2.85. The standard InChI is InChI=1S/C12H12N4O2S2/c1-6-10(20-16-15-6)12(17)14-8-4-3-7(11(13)19)5-9(8)18-2/h3-5H,1-2H3,(H2,13,19)(H,14,17). The van der Waals surface area contributed by atoms with Crippen molar-refractivity contribution in [2.45, 2.75) is 6.92 Å². The van der Waals surface area contributed by atoms with E-state index in [-0.39, 0.29) is 10.9 Å². The molecule has 104 valence electrons. The highest BCUT2D eigenvalue weighted by molar-refractivity contribution is 7.80. The number of nitrogens with one attached hydrogen (secondary N) is 1. The van der Waals surface area contributed by atoms with E-state index in [0.717, 1.165) is 11.5 Å². The van der Waals surface area contributed by atoms with Gasteiger partial charge in [0, 0.05) is 5.56 Å². The van der Waals surface area contributed by atoms with Crippen molar-refractivity contribution in [3.05, 3.63) is 34.3 Å². The Morgan fingerprint density at radius 3 is 2.80 bits per heavy atom. The zero-order valence-corrected chi connectivity index (χ0v) is 12.5. The molecule has 0 aliphatic carbocycles. The number of carbonyl (C=O) groups excluding carboxylic acids is 1. The van der Waals surface area contributed by atoms with Gasteiger partial charge in [-0.3, -0.25) is 4.79 Å². The lowest BCUT2D eigenvalue weighted by Gasteiger charge is -2.11. The number of ether oxygens (including phenoxy) is 1. The topological polar surface area (TPSA) is 90.1 Å². The molecule has 2 rings (SSSR count). The fourth-order valence-electron chi connectivity index (χ4n) is 1.57. The summed E-state index contributed by atoms with van der Waals surface area (Å²) in [7, 11) is 1.51. The number of aromatic nitrogens is 2.